The van der Waals surface area contributed by atoms with Crippen molar-refractivity contribution in [1.82, 2.24) is 10.4 Å². The molecule has 0 spiro atoms. The van der Waals surface area contributed by atoms with Crippen molar-refractivity contribution in [1.29, 1.82) is 0 Å². The molecule has 1 heterocycles. The topological polar surface area (TPSA) is 63.6 Å². The molecule has 7 heteroatoms. The molecular formula is C20H18FN3O2S. The van der Waals surface area contributed by atoms with Crippen LogP contribution in [0.15, 0.2) is 58.5 Å². The van der Waals surface area contributed by atoms with Crippen LogP contribution in [0.1, 0.15) is 11.3 Å². The lowest BCUT2D eigenvalue weighted by atomic mass is 10.2. The van der Waals surface area contributed by atoms with Crippen molar-refractivity contribution in [3.63, 3.8) is 0 Å². The summed E-state index contributed by atoms with van der Waals surface area (Å²) < 4.78 is 18.3. The first-order valence-electron chi connectivity index (χ1n) is 8.21. The zero-order valence-corrected chi connectivity index (χ0v) is 15.7. The Hall–Kier alpha value is -2.93. The van der Waals surface area contributed by atoms with E-state index in [9.17, 15) is 9.18 Å². The molecule has 0 radical (unpaired) electrons. The van der Waals surface area contributed by atoms with Gasteiger partial charge in [-0.2, -0.15) is 5.10 Å². The molecule has 27 heavy (non-hydrogen) atoms. The summed E-state index contributed by atoms with van der Waals surface area (Å²) in [5, 5.41) is 4.93. The molecule has 3 aromatic rings. The van der Waals surface area contributed by atoms with Gasteiger partial charge >= 0.3 is 0 Å². The lowest BCUT2D eigenvalue weighted by Gasteiger charge is -2.07. The average molecular weight is 383 g/mol. The third kappa shape index (κ3) is 4.83. The molecule has 2 aromatic carbocycles. The van der Waals surface area contributed by atoms with Crippen LogP contribution >= 0.6 is 11.8 Å². The Morgan fingerprint density at radius 3 is 2.93 bits per heavy atom. The molecule has 0 aliphatic rings. The van der Waals surface area contributed by atoms with Crippen molar-refractivity contribution in [3.8, 4) is 5.75 Å². The second kappa shape index (κ2) is 8.64. The van der Waals surface area contributed by atoms with Gasteiger partial charge in [0, 0.05) is 16.0 Å². The van der Waals surface area contributed by atoms with Crippen LogP contribution in [0.4, 0.5) is 4.39 Å². The number of nitrogens with one attached hydrogen (secondary N) is 1. The maximum absolute atomic E-state index is 13.4. The molecular weight excluding hydrogens is 365 g/mol. The lowest BCUT2D eigenvalue weighted by Crippen LogP contribution is -2.19. The maximum atomic E-state index is 13.4. The number of para-hydroxylation sites is 1. The van der Waals surface area contributed by atoms with E-state index in [0.717, 1.165) is 21.5 Å². The molecule has 0 atom stereocenters. The maximum Gasteiger partial charge on any atom is 0.250 e. The van der Waals surface area contributed by atoms with E-state index in [1.165, 1.54) is 37.2 Å². The number of halogens is 1. The van der Waals surface area contributed by atoms with Gasteiger partial charge in [0.1, 0.15) is 0 Å². The number of rotatable bonds is 6. The Bertz CT molecular complexity index is 1010. The fraction of sp³-hybridized carbons (Fsp3) is 0.150. The lowest BCUT2D eigenvalue weighted by molar-refractivity contribution is -0.118. The fourth-order valence-electron chi connectivity index (χ4n) is 2.50. The first-order chi connectivity index (χ1) is 13.1. The summed E-state index contributed by atoms with van der Waals surface area (Å²) in [5.41, 5.74) is 4.91. The fourth-order valence-corrected chi connectivity index (χ4v) is 3.43. The van der Waals surface area contributed by atoms with Gasteiger partial charge in [-0.3, -0.25) is 9.78 Å². The summed E-state index contributed by atoms with van der Waals surface area (Å²) >= 11 is 1.43. The third-order valence-electron chi connectivity index (χ3n) is 3.74. The third-order valence-corrected chi connectivity index (χ3v) is 4.80. The van der Waals surface area contributed by atoms with Crippen LogP contribution in [0.2, 0.25) is 0 Å². The largest absolute Gasteiger partial charge is 0.494 e. The van der Waals surface area contributed by atoms with E-state index >= 15 is 0 Å². The summed E-state index contributed by atoms with van der Waals surface area (Å²) in [5.74, 6) is -0.336. The van der Waals surface area contributed by atoms with E-state index in [-0.39, 0.29) is 17.4 Å². The van der Waals surface area contributed by atoms with Crippen LogP contribution in [0, 0.1) is 12.7 Å². The van der Waals surface area contributed by atoms with Crippen molar-refractivity contribution in [2.75, 3.05) is 12.9 Å². The molecule has 3 rings (SSSR count). The number of hydrogen-bond acceptors (Lipinski definition) is 5. The molecule has 1 N–H and O–H groups in total. The number of carbonyl (C=O) groups excluding carboxylic acids is 1. The normalized spacial score (nSPS) is 11.1. The summed E-state index contributed by atoms with van der Waals surface area (Å²) in [6.45, 7) is 1.93. The first kappa shape index (κ1) is 18.8. The number of ether oxygens (including phenoxy) is 1. The predicted molar refractivity (Wildman–Crippen MR) is 106 cm³/mol. The number of hydrogen-bond donors (Lipinski definition) is 1. The molecule has 1 aromatic heterocycles. The van der Waals surface area contributed by atoms with Gasteiger partial charge in [0.15, 0.2) is 11.6 Å². The van der Waals surface area contributed by atoms with Crippen molar-refractivity contribution in [3.05, 3.63) is 65.6 Å². The number of carbonyl (C=O) groups is 1. The van der Waals surface area contributed by atoms with Crippen LogP contribution in [0.25, 0.3) is 10.9 Å². The predicted octanol–water partition coefficient (Wildman–Crippen LogP) is 3.93. The Morgan fingerprint density at radius 1 is 1.30 bits per heavy atom. The van der Waals surface area contributed by atoms with Gasteiger partial charge < -0.3 is 4.74 Å². The highest BCUT2D eigenvalue weighted by Crippen LogP contribution is 2.27. The number of aromatic nitrogens is 1. The SMILES string of the molecule is COc1cc(/C=N/NC(=O)CSc2cc(C)nc3ccccc23)ccc1F. The van der Waals surface area contributed by atoms with Crippen LogP contribution in [-0.2, 0) is 4.79 Å². The summed E-state index contributed by atoms with van der Waals surface area (Å²) in [6, 6.07) is 14.1. The Balaban J connectivity index is 1.61. The van der Waals surface area contributed by atoms with Crippen LogP contribution in [-0.4, -0.2) is 30.0 Å². The molecule has 0 saturated heterocycles. The molecule has 0 unspecified atom stereocenters. The number of thioether (sulfide) groups is 1. The van der Waals surface area contributed by atoms with Crippen molar-refractivity contribution in [2.24, 2.45) is 5.10 Å². The number of pyridine rings is 1. The second-order valence-corrected chi connectivity index (χ2v) is 6.77. The monoisotopic (exact) mass is 383 g/mol. The molecule has 1 amide bonds. The standard InChI is InChI=1S/C20H18FN3O2S/c1-13-9-19(15-5-3-4-6-17(15)23-13)27-12-20(25)24-22-11-14-7-8-16(21)18(10-14)26-2/h3-11H,12H2,1-2H3,(H,24,25)/b22-11+. The molecule has 138 valence electrons. The Kier molecular flexibility index (Phi) is 6.03. The van der Waals surface area contributed by atoms with Gasteiger partial charge in [0.2, 0.25) is 5.91 Å². The van der Waals surface area contributed by atoms with E-state index in [4.69, 9.17) is 4.74 Å². The van der Waals surface area contributed by atoms with Gasteiger partial charge in [0.25, 0.3) is 0 Å². The highest BCUT2D eigenvalue weighted by atomic mass is 32.2. The number of hydrazone groups is 1. The highest BCUT2D eigenvalue weighted by Gasteiger charge is 2.07. The molecule has 0 aliphatic carbocycles. The van der Waals surface area contributed by atoms with Gasteiger partial charge in [0.05, 0.1) is 24.6 Å². The summed E-state index contributed by atoms with van der Waals surface area (Å²) in [6.07, 6.45) is 1.44. The quantitative estimate of drug-likeness (QED) is 0.398. The summed E-state index contributed by atoms with van der Waals surface area (Å²) in [4.78, 5) is 17.6. The zero-order valence-electron chi connectivity index (χ0n) is 14.9. The second-order valence-electron chi connectivity index (χ2n) is 5.75. The van der Waals surface area contributed by atoms with Gasteiger partial charge in [-0.1, -0.05) is 24.3 Å². The molecule has 0 bridgehead atoms. The first-order valence-corrected chi connectivity index (χ1v) is 9.20. The van der Waals surface area contributed by atoms with Gasteiger partial charge in [-0.15, -0.1) is 11.8 Å². The van der Waals surface area contributed by atoms with Crippen LogP contribution < -0.4 is 10.2 Å². The minimum Gasteiger partial charge on any atom is -0.494 e. The van der Waals surface area contributed by atoms with Crippen molar-refractivity contribution in [2.45, 2.75) is 11.8 Å². The van der Waals surface area contributed by atoms with Gasteiger partial charge in [-0.25, -0.2) is 9.82 Å². The number of nitrogens with zero attached hydrogens (tertiary/aromatic N) is 2. The number of aryl methyl sites for hydroxylation is 1. The van der Waals surface area contributed by atoms with Crippen LogP contribution in [0.5, 0.6) is 5.75 Å². The average Bonchev–Trinajstić information content (AvgIpc) is 2.67. The van der Waals surface area contributed by atoms with Gasteiger partial charge in [-0.05, 0) is 36.8 Å². The zero-order chi connectivity index (χ0) is 19.2. The summed E-state index contributed by atoms with van der Waals surface area (Å²) in [7, 11) is 1.39. The number of methoxy groups -OCH3 is 1. The number of amides is 1. The van der Waals surface area contributed by atoms with E-state index in [0.29, 0.717) is 5.56 Å². The minimum absolute atomic E-state index is 0.126. The molecule has 0 aliphatic heterocycles. The smallest absolute Gasteiger partial charge is 0.250 e. The van der Waals surface area contributed by atoms with E-state index in [1.54, 1.807) is 6.07 Å². The van der Waals surface area contributed by atoms with Crippen LogP contribution in [0.3, 0.4) is 0 Å². The number of benzene rings is 2. The Morgan fingerprint density at radius 2 is 2.11 bits per heavy atom. The van der Waals surface area contributed by atoms with Crippen molar-refractivity contribution >= 4 is 34.8 Å². The molecule has 0 fully saturated rings. The Labute approximate surface area is 160 Å². The van der Waals surface area contributed by atoms with E-state index in [2.05, 4.69) is 15.5 Å². The van der Waals surface area contributed by atoms with E-state index < -0.39 is 5.82 Å². The molecule has 5 nitrogen and oxygen atoms in total. The van der Waals surface area contributed by atoms with E-state index in [1.807, 2.05) is 37.3 Å². The van der Waals surface area contributed by atoms with Crippen molar-refractivity contribution < 1.29 is 13.9 Å². The minimum atomic E-state index is -0.449. The highest BCUT2D eigenvalue weighted by molar-refractivity contribution is 8.00. The molecule has 0 saturated carbocycles. The number of fused-ring (bicyclic) bond motifs is 1.